The van der Waals surface area contributed by atoms with Crippen molar-refractivity contribution in [3.8, 4) is 0 Å². The lowest BCUT2D eigenvalue weighted by atomic mass is 9.48. The van der Waals surface area contributed by atoms with Crippen LogP contribution < -0.4 is 4.31 Å². The third kappa shape index (κ3) is 2.09. The lowest BCUT2D eigenvalue weighted by Crippen LogP contribution is -2.52. The molecule has 5 heteroatoms. The number of nitrogens with zero attached hydrogens (tertiary/aromatic N) is 1. The van der Waals surface area contributed by atoms with Gasteiger partial charge in [-0.05, 0) is 73.8 Å². The van der Waals surface area contributed by atoms with E-state index in [2.05, 4.69) is 0 Å². The third-order valence-electron chi connectivity index (χ3n) is 7.60. The fraction of sp³-hybridized carbons (Fsp3) is 0.500. The standard InChI is InChI=1S/C22H23NO3S/c24-20(22-10-14-7-15(11-22)9-16(8-14)12-22)13-23-18-5-1-3-17-4-2-6-19(21(17)18)27(23,25)26/h1-6,14-16H,7-13H2. The first kappa shape index (κ1) is 16.1. The van der Waals surface area contributed by atoms with Crippen molar-refractivity contribution in [3.05, 3.63) is 36.4 Å². The van der Waals surface area contributed by atoms with E-state index in [1.165, 1.54) is 23.6 Å². The number of ketones is 1. The highest BCUT2D eigenvalue weighted by Crippen LogP contribution is 2.60. The van der Waals surface area contributed by atoms with E-state index in [0.717, 1.165) is 30.0 Å². The van der Waals surface area contributed by atoms with Gasteiger partial charge in [0.05, 0.1) is 17.1 Å². The second-order valence-corrected chi connectivity index (χ2v) is 11.1. The molecule has 2 aromatic carbocycles. The third-order valence-corrected chi connectivity index (χ3v) is 9.40. The van der Waals surface area contributed by atoms with Crippen LogP contribution in [-0.4, -0.2) is 20.7 Å². The Hall–Kier alpha value is -1.88. The fourth-order valence-electron chi connectivity index (χ4n) is 6.88. The summed E-state index contributed by atoms with van der Waals surface area (Å²) in [4.78, 5) is 13.8. The topological polar surface area (TPSA) is 54.5 Å². The summed E-state index contributed by atoms with van der Waals surface area (Å²) >= 11 is 0. The van der Waals surface area contributed by atoms with Gasteiger partial charge in [-0.2, -0.15) is 0 Å². The molecule has 0 atom stereocenters. The molecule has 7 rings (SSSR count). The number of carbonyl (C=O) groups is 1. The maximum absolute atomic E-state index is 13.5. The van der Waals surface area contributed by atoms with Crippen molar-refractivity contribution in [2.24, 2.45) is 23.2 Å². The van der Waals surface area contributed by atoms with Crippen molar-refractivity contribution < 1.29 is 13.2 Å². The molecule has 0 aromatic heterocycles. The molecule has 140 valence electrons. The lowest BCUT2D eigenvalue weighted by molar-refractivity contribution is -0.142. The van der Waals surface area contributed by atoms with Crippen molar-refractivity contribution in [1.82, 2.24) is 0 Å². The van der Waals surface area contributed by atoms with Crippen LogP contribution in [0.3, 0.4) is 0 Å². The number of carbonyl (C=O) groups excluding carboxylic acids is 1. The van der Waals surface area contributed by atoms with Crippen molar-refractivity contribution in [1.29, 1.82) is 0 Å². The predicted molar refractivity (Wildman–Crippen MR) is 104 cm³/mol. The molecule has 0 amide bonds. The average molecular weight is 381 g/mol. The minimum Gasteiger partial charge on any atom is -0.297 e. The number of hydrogen-bond donors (Lipinski definition) is 0. The minimum atomic E-state index is -3.65. The number of hydrogen-bond acceptors (Lipinski definition) is 3. The van der Waals surface area contributed by atoms with Crippen molar-refractivity contribution >= 4 is 32.3 Å². The van der Waals surface area contributed by atoms with Gasteiger partial charge in [0.2, 0.25) is 0 Å². The summed E-state index contributed by atoms with van der Waals surface area (Å²) < 4.78 is 27.8. The first-order chi connectivity index (χ1) is 13.0. The molecule has 0 unspecified atom stereocenters. The maximum Gasteiger partial charge on any atom is 0.265 e. The Bertz CT molecular complexity index is 1050. The van der Waals surface area contributed by atoms with Gasteiger partial charge in [-0.3, -0.25) is 9.10 Å². The molecular weight excluding hydrogens is 358 g/mol. The summed E-state index contributed by atoms with van der Waals surface area (Å²) in [5, 5.41) is 1.68. The second-order valence-electron chi connectivity index (χ2n) is 9.26. The van der Waals surface area contributed by atoms with Gasteiger partial charge in [0.25, 0.3) is 10.0 Å². The van der Waals surface area contributed by atoms with Gasteiger partial charge >= 0.3 is 0 Å². The van der Waals surface area contributed by atoms with Crippen molar-refractivity contribution in [3.63, 3.8) is 0 Å². The summed E-state index contributed by atoms with van der Waals surface area (Å²) in [7, 11) is -3.65. The van der Waals surface area contributed by atoms with Crippen LogP contribution in [0.2, 0.25) is 0 Å². The van der Waals surface area contributed by atoms with Crippen LogP contribution in [0.4, 0.5) is 5.69 Å². The molecule has 0 N–H and O–H groups in total. The van der Waals surface area contributed by atoms with Crippen LogP contribution in [0, 0.1) is 23.2 Å². The molecule has 4 aliphatic carbocycles. The second kappa shape index (κ2) is 5.13. The molecule has 4 bridgehead atoms. The Kier molecular flexibility index (Phi) is 3.06. The molecule has 27 heavy (non-hydrogen) atoms. The molecule has 1 heterocycles. The summed E-state index contributed by atoms with van der Waals surface area (Å²) in [6.45, 7) is -0.0116. The van der Waals surface area contributed by atoms with Crippen LogP contribution in [-0.2, 0) is 14.8 Å². The summed E-state index contributed by atoms with van der Waals surface area (Å²) in [6, 6.07) is 11.0. The van der Waals surface area contributed by atoms with Crippen LogP contribution >= 0.6 is 0 Å². The van der Waals surface area contributed by atoms with Gasteiger partial charge in [0.1, 0.15) is 0 Å². The number of anilines is 1. The van der Waals surface area contributed by atoms with E-state index in [1.807, 2.05) is 24.3 Å². The van der Waals surface area contributed by atoms with Gasteiger partial charge < -0.3 is 0 Å². The molecule has 0 saturated heterocycles. The summed E-state index contributed by atoms with van der Waals surface area (Å²) in [5.74, 6) is 2.18. The van der Waals surface area contributed by atoms with Gasteiger partial charge in [-0.25, -0.2) is 8.42 Å². The van der Waals surface area contributed by atoms with E-state index in [0.29, 0.717) is 28.3 Å². The molecule has 5 aliphatic rings. The Balaban J connectivity index is 1.39. The molecule has 0 radical (unpaired) electrons. The number of sulfonamides is 1. The molecule has 4 nitrogen and oxygen atoms in total. The van der Waals surface area contributed by atoms with Crippen LogP contribution in [0.25, 0.3) is 10.8 Å². The molecular formula is C22H23NO3S. The van der Waals surface area contributed by atoms with E-state index in [-0.39, 0.29) is 17.7 Å². The zero-order valence-electron chi connectivity index (χ0n) is 15.2. The van der Waals surface area contributed by atoms with Crippen molar-refractivity contribution in [2.75, 3.05) is 10.8 Å². The smallest absolute Gasteiger partial charge is 0.265 e. The normalized spacial score (nSPS) is 35.1. The van der Waals surface area contributed by atoms with Gasteiger partial charge in [0, 0.05) is 10.8 Å². The Labute approximate surface area is 159 Å². The fourth-order valence-corrected chi connectivity index (χ4v) is 8.55. The van der Waals surface area contributed by atoms with E-state index >= 15 is 0 Å². The highest BCUT2D eigenvalue weighted by molar-refractivity contribution is 7.93. The lowest BCUT2D eigenvalue weighted by Gasteiger charge is -2.56. The molecule has 4 saturated carbocycles. The summed E-state index contributed by atoms with van der Waals surface area (Å²) in [5.41, 5.74) is 0.397. The van der Waals surface area contributed by atoms with Crippen LogP contribution in [0.5, 0.6) is 0 Å². The molecule has 1 aliphatic heterocycles. The Morgan fingerprint density at radius 1 is 0.963 bits per heavy atom. The van der Waals surface area contributed by atoms with Gasteiger partial charge in [-0.15, -0.1) is 0 Å². The largest absolute Gasteiger partial charge is 0.297 e. The highest BCUT2D eigenvalue weighted by Gasteiger charge is 2.55. The zero-order chi connectivity index (χ0) is 18.4. The Morgan fingerprint density at radius 3 is 2.19 bits per heavy atom. The molecule has 2 aromatic rings. The zero-order valence-corrected chi connectivity index (χ0v) is 16.0. The quantitative estimate of drug-likeness (QED) is 0.803. The first-order valence-electron chi connectivity index (χ1n) is 10.0. The molecule has 0 spiro atoms. The highest BCUT2D eigenvalue weighted by atomic mass is 32.2. The van der Waals surface area contributed by atoms with Gasteiger partial charge in [-0.1, -0.05) is 24.3 Å². The Morgan fingerprint density at radius 2 is 1.56 bits per heavy atom. The van der Waals surface area contributed by atoms with E-state index < -0.39 is 10.0 Å². The first-order valence-corrected chi connectivity index (χ1v) is 11.5. The summed E-state index contributed by atoms with van der Waals surface area (Å²) in [6.07, 6.45) is 6.76. The van der Waals surface area contributed by atoms with E-state index in [9.17, 15) is 13.2 Å². The predicted octanol–water partition coefficient (Wildman–Crippen LogP) is 4.13. The average Bonchev–Trinajstić information content (AvgIpc) is 2.84. The van der Waals surface area contributed by atoms with E-state index in [4.69, 9.17) is 0 Å². The van der Waals surface area contributed by atoms with Crippen LogP contribution in [0.1, 0.15) is 38.5 Å². The number of benzene rings is 2. The monoisotopic (exact) mass is 381 g/mol. The number of Topliss-reactive ketones (excluding diaryl/α,β-unsaturated/α-hetero) is 1. The van der Waals surface area contributed by atoms with E-state index in [1.54, 1.807) is 12.1 Å². The van der Waals surface area contributed by atoms with Crippen LogP contribution in [0.15, 0.2) is 41.3 Å². The molecule has 4 fully saturated rings. The number of rotatable bonds is 3. The van der Waals surface area contributed by atoms with Gasteiger partial charge in [0.15, 0.2) is 5.78 Å². The minimum absolute atomic E-state index is 0.0116. The maximum atomic E-state index is 13.5. The van der Waals surface area contributed by atoms with Crippen molar-refractivity contribution in [2.45, 2.75) is 43.4 Å². The SMILES string of the molecule is O=C(CN1c2cccc3cccc(c23)S1(=O)=O)C12CC3CC(CC(C3)C1)C2.